The van der Waals surface area contributed by atoms with Gasteiger partial charge in [-0.15, -0.1) is 0 Å². The Morgan fingerprint density at radius 3 is 2.37 bits per heavy atom. The van der Waals surface area contributed by atoms with Crippen LogP contribution in [0.15, 0.2) is 24.3 Å². The first kappa shape index (κ1) is 13.9. The van der Waals surface area contributed by atoms with Crippen molar-refractivity contribution < 1.29 is 14.7 Å². The van der Waals surface area contributed by atoms with E-state index >= 15 is 0 Å². The molecule has 1 aromatic carbocycles. The summed E-state index contributed by atoms with van der Waals surface area (Å²) < 4.78 is 0. The summed E-state index contributed by atoms with van der Waals surface area (Å²) in [5, 5.41) is 9.51. The fraction of sp³-hybridized carbons (Fsp3) is 0.429. The highest BCUT2D eigenvalue weighted by Crippen LogP contribution is 2.41. The van der Waals surface area contributed by atoms with Crippen molar-refractivity contribution in [2.75, 3.05) is 7.05 Å². The first-order valence-electron chi connectivity index (χ1n) is 6.16. The second-order valence-corrected chi connectivity index (χ2v) is 5.40. The van der Waals surface area contributed by atoms with Crippen LogP contribution in [0, 0.1) is 11.8 Å². The molecule has 0 radical (unpaired) electrons. The molecule has 1 saturated carbocycles. The molecule has 0 heterocycles. The topological polar surface area (TPSA) is 57.6 Å². The van der Waals surface area contributed by atoms with E-state index in [1.165, 1.54) is 0 Å². The molecule has 0 aliphatic heterocycles. The summed E-state index contributed by atoms with van der Waals surface area (Å²) in [4.78, 5) is 24.5. The van der Waals surface area contributed by atoms with Gasteiger partial charge in [-0.25, -0.2) is 0 Å². The molecule has 3 unspecified atom stereocenters. The molecule has 19 heavy (non-hydrogen) atoms. The first-order chi connectivity index (χ1) is 8.91. The minimum atomic E-state index is -0.883. The second-order valence-electron chi connectivity index (χ2n) is 4.96. The third kappa shape index (κ3) is 2.89. The Labute approximate surface area is 117 Å². The van der Waals surface area contributed by atoms with Crippen LogP contribution < -0.4 is 0 Å². The minimum Gasteiger partial charge on any atom is -0.481 e. The number of rotatable bonds is 4. The number of carboxylic acids is 1. The van der Waals surface area contributed by atoms with Crippen LogP contribution >= 0.6 is 11.6 Å². The van der Waals surface area contributed by atoms with Crippen LogP contribution in [-0.2, 0) is 9.59 Å². The number of hydrogen-bond acceptors (Lipinski definition) is 2. The van der Waals surface area contributed by atoms with Crippen LogP contribution in [0.3, 0.4) is 0 Å². The van der Waals surface area contributed by atoms with Gasteiger partial charge >= 0.3 is 5.97 Å². The summed E-state index contributed by atoms with van der Waals surface area (Å²) in [5.74, 6) is -1.86. The quantitative estimate of drug-likeness (QED) is 0.923. The summed E-state index contributed by atoms with van der Waals surface area (Å²) in [6.45, 7) is 1.92. The Morgan fingerprint density at radius 2 is 1.89 bits per heavy atom. The summed E-state index contributed by atoms with van der Waals surface area (Å²) >= 11 is 5.83. The molecule has 1 aromatic rings. The maximum Gasteiger partial charge on any atom is 0.307 e. The molecule has 1 fully saturated rings. The normalized spacial score (nSPS) is 22.7. The van der Waals surface area contributed by atoms with Crippen molar-refractivity contribution in [2.24, 2.45) is 11.8 Å². The Kier molecular flexibility index (Phi) is 3.80. The lowest BCUT2D eigenvalue weighted by Gasteiger charge is -2.25. The van der Waals surface area contributed by atoms with Crippen molar-refractivity contribution in [3.8, 4) is 0 Å². The van der Waals surface area contributed by atoms with E-state index < -0.39 is 11.9 Å². The van der Waals surface area contributed by atoms with Crippen molar-refractivity contribution >= 4 is 23.5 Å². The lowest BCUT2D eigenvalue weighted by Crippen LogP contribution is -2.31. The Hall–Kier alpha value is -1.55. The van der Waals surface area contributed by atoms with E-state index in [1.54, 1.807) is 24.1 Å². The van der Waals surface area contributed by atoms with Crippen LogP contribution in [-0.4, -0.2) is 28.9 Å². The number of carboxylic acid groups (broad SMARTS) is 1. The summed E-state index contributed by atoms with van der Waals surface area (Å²) in [5.41, 5.74) is 0.979. The zero-order valence-electron chi connectivity index (χ0n) is 10.8. The highest BCUT2D eigenvalue weighted by molar-refractivity contribution is 6.30. The van der Waals surface area contributed by atoms with Crippen LogP contribution in [0.5, 0.6) is 0 Å². The smallest absolute Gasteiger partial charge is 0.307 e. The number of benzene rings is 1. The molecule has 102 valence electrons. The molecule has 1 aliphatic rings. The Balaban J connectivity index is 2.03. The molecule has 1 aliphatic carbocycles. The van der Waals surface area contributed by atoms with Gasteiger partial charge in [0.25, 0.3) is 0 Å². The maximum absolute atomic E-state index is 12.1. The fourth-order valence-corrected chi connectivity index (χ4v) is 2.28. The molecular weight excluding hydrogens is 266 g/mol. The van der Waals surface area contributed by atoms with Gasteiger partial charge in [0.15, 0.2) is 0 Å². The van der Waals surface area contributed by atoms with E-state index in [0.717, 1.165) is 5.56 Å². The maximum atomic E-state index is 12.1. The molecular formula is C14H16ClNO3. The summed E-state index contributed by atoms with van der Waals surface area (Å²) in [6.07, 6.45) is 0.450. The minimum absolute atomic E-state index is 0.0974. The molecule has 0 saturated heterocycles. The fourth-order valence-electron chi connectivity index (χ4n) is 2.16. The standard InChI is InChI=1S/C14H16ClNO3/c1-8(9-3-5-10(15)6-4-9)16(2)13(17)11-7-12(11)14(18)19/h3-6,8,11-12H,7H2,1-2H3,(H,18,19). The third-order valence-electron chi connectivity index (χ3n) is 3.71. The monoisotopic (exact) mass is 281 g/mol. The lowest BCUT2D eigenvalue weighted by molar-refractivity contribution is -0.142. The van der Waals surface area contributed by atoms with Crippen LogP contribution in [0.25, 0.3) is 0 Å². The van der Waals surface area contributed by atoms with Crippen LogP contribution in [0.1, 0.15) is 24.9 Å². The number of halogens is 1. The zero-order chi connectivity index (χ0) is 14.2. The molecule has 0 aromatic heterocycles. The van der Waals surface area contributed by atoms with Gasteiger partial charge in [-0.05, 0) is 31.0 Å². The predicted molar refractivity (Wildman–Crippen MR) is 71.9 cm³/mol. The lowest BCUT2D eigenvalue weighted by atomic mass is 10.1. The van der Waals surface area contributed by atoms with Gasteiger partial charge in [0.1, 0.15) is 0 Å². The van der Waals surface area contributed by atoms with Gasteiger partial charge in [0, 0.05) is 12.1 Å². The van der Waals surface area contributed by atoms with Crippen LogP contribution in [0.4, 0.5) is 0 Å². The predicted octanol–water partition coefficient (Wildman–Crippen LogP) is 2.58. The van der Waals surface area contributed by atoms with Crippen molar-refractivity contribution in [1.29, 1.82) is 0 Å². The number of hydrogen-bond donors (Lipinski definition) is 1. The molecule has 5 heteroatoms. The van der Waals surface area contributed by atoms with E-state index in [4.69, 9.17) is 16.7 Å². The Bertz CT molecular complexity index is 500. The van der Waals surface area contributed by atoms with Gasteiger partial charge in [-0.3, -0.25) is 9.59 Å². The van der Waals surface area contributed by atoms with Gasteiger partial charge < -0.3 is 10.0 Å². The largest absolute Gasteiger partial charge is 0.481 e. The summed E-state index contributed by atoms with van der Waals surface area (Å²) in [7, 11) is 1.71. The number of carbonyl (C=O) groups is 2. The number of nitrogens with zero attached hydrogens (tertiary/aromatic N) is 1. The van der Waals surface area contributed by atoms with Crippen molar-refractivity contribution in [3.05, 3.63) is 34.9 Å². The van der Waals surface area contributed by atoms with E-state index in [0.29, 0.717) is 11.4 Å². The third-order valence-corrected chi connectivity index (χ3v) is 3.96. The van der Waals surface area contributed by atoms with Crippen molar-refractivity contribution in [1.82, 2.24) is 4.90 Å². The number of carbonyl (C=O) groups excluding carboxylic acids is 1. The van der Waals surface area contributed by atoms with Gasteiger partial charge in [0.2, 0.25) is 5.91 Å². The first-order valence-corrected chi connectivity index (χ1v) is 6.54. The van der Waals surface area contributed by atoms with E-state index in [9.17, 15) is 9.59 Å². The van der Waals surface area contributed by atoms with E-state index in [-0.39, 0.29) is 17.9 Å². The Morgan fingerprint density at radius 1 is 1.32 bits per heavy atom. The molecule has 0 bridgehead atoms. The number of aliphatic carboxylic acids is 1. The summed E-state index contributed by atoms with van der Waals surface area (Å²) in [6, 6.07) is 7.21. The zero-order valence-corrected chi connectivity index (χ0v) is 11.6. The molecule has 0 spiro atoms. The van der Waals surface area contributed by atoms with E-state index in [2.05, 4.69) is 0 Å². The van der Waals surface area contributed by atoms with Crippen LogP contribution in [0.2, 0.25) is 5.02 Å². The average Bonchev–Trinajstić information content (AvgIpc) is 3.17. The highest BCUT2D eigenvalue weighted by Gasteiger charge is 2.49. The number of amides is 1. The highest BCUT2D eigenvalue weighted by atomic mass is 35.5. The average molecular weight is 282 g/mol. The van der Waals surface area contributed by atoms with Gasteiger partial charge in [0.05, 0.1) is 17.9 Å². The van der Waals surface area contributed by atoms with E-state index in [1.807, 2.05) is 19.1 Å². The molecule has 1 N–H and O–H groups in total. The van der Waals surface area contributed by atoms with Crippen molar-refractivity contribution in [2.45, 2.75) is 19.4 Å². The molecule has 4 nitrogen and oxygen atoms in total. The molecule has 2 rings (SSSR count). The van der Waals surface area contributed by atoms with Gasteiger partial charge in [-0.1, -0.05) is 23.7 Å². The SMILES string of the molecule is CC(c1ccc(Cl)cc1)N(C)C(=O)C1CC1C(=O)O. The second kappa shape index (κ2) is 5.21. The molecule has 3 atom stereocenters. The molecule has 1 amide bonds. The van der Waals surface area contributed by atoms with Crippen molar-refractivity contribution in [3.63, 3.8) is 0 Å². The van der Waals surface area contributed by atoms with Gasteiger partial charge in [-0.2, -0.15) is 0 Å².